The molecule has 0 atom stereocenters. The van der Waals surface area contributed by atoms with Gasteiger partial charge in [0.15, 0.2) is 0 Å². The van der Waals surface area contributed by atoms with Crippen molar-refractivity contribution in [3.8, 4) is 0 Å². The Balaban J connectivity index is 2.05. The number of nitrogens with zero attached hydrogens (tertiary/aromatic N) is 2. The highest BCUT2D eigenvalue weighted by atomic mass is 15.0. The van der Waals surface area contributed by atoms with Gasteiger partial charge in [-0.3, -0.25) is 0 Å². The van der Waals surface area contributed by atoms with Crippen molar-refractivity contribution in [2.75, 3.05) is 11.9 Å². The minimum atomic E-state index is 0.386. The fourth-order valence-electron chi connectivity index (χ4n) is 2.05. The Labute approximate surface area is 104 Å². The SMILES string of the molecule is CCC1(CNc2cc(C)nc(C(C)C)n2)CC1. The minimum Gasteiger partial charge on any atom is -0.369 e. The number of anilines is 1. The largest absolute Gasteiger partial charge is 0.369 e. The van der Waals surface area contributed by atoms with Crippen molar-refractivity contribution in [2.45, 2.75) is 52.9 Å². The Morgan fingerprint density at radius 2 is 2.06 bits per heavy atom. The number of nitrogens with one attached hydrogen (secondary N) is 1. The first-order valence-corrected chi connectivity index (χ1v) is 6.64. The van der Waals surface area contributed by atoms with Gasteiger partial charge in [0, 0.05) is 24.2 Å². The Morgan fingerprint density at radius 1 is 1.35 bits per heavy atom. The summed E-state index contributed by atoms with van der Waals surface area (Å²) >= 11 is 0. The molecule has 1 fully saturated rings. The van der Waals surface area contributed by atoms with Crippen LogP contribution in [0.15, 0.2) is 6.07 Å². The van der Waals surface area contributed by atoms with Gasteiger partial charge >= 0.3 is 0 Å². The fraction of sp³-hybridized carbons (Fsp3) is 0.714. The van der Waals surface area contributed by atoms with Crippen LogP contribution in [0.1, 0.15) is 57.5 Å². The molecule has 0 spiro atoms. The smallest absolute Gasteiger partial charge is 0.133 e. The van der Waals surface area contributed by atoms with E-state index in [1.807, 2.05) is 13.0 Å². The number of rotatable bonds is 5. The van der Waals surface area contributed by atoms with E-state index in [2.05, 4.69) is 36.1 Å². The van der Waals surface area contributed by atoms with Crippen LogP contribution in [0.5, 0.6) is 0 Å². The highest BCUT2D eigenvalue weighted by Crippen LogP contribution is 2.48. The fourth-order valence-corrected chi connectivity index (χ4v) is 2.05. The second kappa shape index (κ2) is 4.63. The number of hydrogen-bond donors (Lipinski definition) is 1. The molecule has 3 heteroatoms. The van der Waals surface area contributed by atoms with Crippen LogP contribution in [0.25, 0.3) is 0 Å². The summed E-state index contributed by atoms with van der Waals surface area (Å²) in [6.45, 7) is 9.63. The van der Waals surface area contributed by atoms with Crippen molar-refractivity contribution in [2.24, 2.45) is 5.41 Å². The minimum absolute atomic E-state index is 0.386. The van der Waals surface area contributed by atoms with Gasteiger partial charge in [0.1, 0.15) is 11.6 Å². The molecule has 0 amide bonds. The highest BCUT2D eigenvalue weighted by molar-refractivity contribution is 5.37. The van der Waals surface area contributed by atoms with E-state index in [1.54, 1.807) is 0 Å². The molecule has 1 aromatic heterocycles. The Kier molecular flexibility index (Phi) is 3.36. The van der Waals surface area contributed by atoms with Gasteiger partial charge in [-0.2, -0.15) is 0 Å². The van der Waals surface area contributed by atoms with Gasteiger partial charge in [-0.15, -0.1) is 0 Å². The average Bonchev–Trinajstić information content (AvgIpc) is 3.06. The van der Waals surface area contributed by atoms with E-state index in [-0.39, 0.29) is 0 Å². The molecule has 2 rings (SSSR count). The van der Waals surface area contributed by atoms with Gasteiger partial charge in [0.05, 0.1) is 0 Å². The van der Waals surface area contributed by atoms with E-state index < -0.39 is 0 Å². The molecule has 0 aromatic carbocycles. The molecule has 1 aliphatic rings. The molecule has 0 saturated heterocycles. The maximum absolute atomic E-state index is 4.58. The summed E-state index contributed by atoms with van der Waals surface area (Å²) in [7, 11) is 0. The molecule has 1 N–H and O–H groups in total. The predicted molar refractivity (Wildman–Crippen MR) is 71.3 cm³/mol. The van der Waals surface area contributed by atoms with Gasteiger partial charge in [0.2, 0.25) is 0 Å². The summed E-state index contributed by atoms with van der Waals surface area (Å²) in [4.78, 5) is 9.04. The Bertz CT molecular complexity index is 394. The maximum Gasteiger partial charge on any atom is 0.133 e. The third-order valence-corrected chi connectivity index (χ3v) is 3.74. The van der Waals surface area contributed by atoms with Crippen LogP contribution in [0.2, 0.25) is 0 Å². The lowest BCUT2D eigenvalue weighted by Crippen LogP contribution is -2.16. The van der Waals surface area contributed by atoms with Crippen molar-refractivity contribution >= 4 is 5.82 Å². The summed E-state index contributed by atoms with van der Waals surface area (Å²) in [5.74, 6) is 2.31. The molecule has 1 heterocycles. The van der Waals surface area contributed by atoms with Crippen LogP contribution in [-0.2, 0) is 0 Å². The number of aryl methyl sites for hydroxylation is 1. The van der Waals surface area contributed by atoms with Crippen molar-refractivity contribution in [3.63, 3.8) is 0 Å². The van der Waals surface area contributed by atoms with Crippen molar-refractivity contribution < 1.29 is 0 Å². The number of hydrogen-bond acceptors (Lipinski definition) is 3. The topological polar surface area (TPSA) is 37.8 Å². The van der Waals surface area contributed by atoms with Crippen LogP contribution < -0.4 is 5.32 Å². The summed E-state index contributed by atoms with van der Waals surface area (Å²) in [5, 5.41) is 3.48. The average molecular weight is 233 g/mol. The Hall–Kier alpha value is -1.12. The normalized spacial score (nSPS) is 17.2. The van der Waals surface area contributed by atoms with E-state index in [4.69, 9.17) is 0 Å². The van der Waals surface area contributed by atoms with Gasteiger partial charge in [-0.1, -0.05) is 20.8 Å². The van der Waals surface area contributed by atoms with E-state index >= 15 is 0 Å². The molecule has 94 valence electrons. The summed E-state index contributed by atoms with van der Waals surface area (Å²) < 4.78 is 0. The predicted octanol–water partition coefficient (Wildman–Crippen LogP) is 3.51. The van der Waals surface area contributed by atoms with E-state index in [1.165, 1.54) is 19.3 Å². The zero-order valence-corrected chi connectivity index (χ0v) is 11.4. The van der Waals surface area contributed by atoms with Crippen LogP contribution in [-0.4, -0.2) is 16.5 Å². The van der Waals surface area contributed by atoms with Crippen molar-refractivity contribution in [3.05, 3.63) is 17.6 Å². The van der Waals surface area contributed by atoms with Crippen LogP contribution in [0.3, 0.4) is 0 Å². The molecule has 3 nitrogen and oxygen atoms in total. The zero-order chi connectivity index (χ0) is 12.5. The monoisotopic (exact) mass is 233 g/mol. The maximum atomic E-state index is 4.58. The molecule has 0 radical (unpaired) electrons. The summed E-state index contributed by atoms with van der Waals surface area (Å²) in [6.07, 6.45) is 3.98. The molecule has 0 aliphatic heterocycles. The Morgan fingerprint density at radius 3 is 2.59 bits per heavy atom. The van der Waals surface area contributed by atoms with Gasteiger partial charge in [0.25, 0.3) is 0 Å². The quantitative estimate of drug-likeness (QED) is 0.845. The van der Waals surface area contributed by atoms with Crippen molar-refractivity contribution in [1.29, 1.82) is 0 Å². The molecule has 1 aliphatic carbocycles. The molecule has 1 saturated carbocycles. The first-order chi connectivity index (χ1) is 8.04. The third kappa shape index (κ3) is 2.96. The van der Waals surface area contributed by atoms with E-state index in [9.17, 15) is 0 Å². The van der Waals surface area contributed by atoms with Gasteiger partial charge in [-0.05, 0) is 31.6 Å². The van der Waals surface area contributed by atoms with Crippen LogP contribution in [0, 0.1) is 12.3 Å². The molecular weight excluding hydrogens is 210 g/mol. The highest BCUT2D eigenvalue weighted by Gasteiger charge is 2.40. The molecule has 1 aromatic rings. The zero-order valence-electron chi connectivity index (χ0n) is 11.4. The van der Waals surface area contributed by atoms with E-state index in [0.29, 0.717) is 11.3 Å². The van der Waals surface area contributed by atoms with E-state index in [0.717, 1.165) is 23.9 Å². The first-order valence-electron chi connectivity index (χ1n) is 6.64. The second-order valence-corrected chi connectivity index (χ2v) is 5.61. The second-order valence-electron chi connectivity index (χ2n) is 5.61. The van der Waals surface area contributed by atoms with Gasteiger partial charge < -0.3 is 5.32 Å². The third-order valence-electron chi connectivity index (χ3n) is 3.74. The number of aromatic nitrogens is 2. The molecule has 0 unspecified atom stereocenters. The first kappa shape index (κ1) is 12.3. The van der Waals surface area contributed by atoms with Crippen molar-refractivity contribution in [1.82, 2.24) is 9.97 Å². The summed E-state index contributed by atoms with van der Waals surface area (Å²) in [6, 6.07) is 2.04. The van der Waals surface area contributed by atoms with Crippen LogP contribution in [0.4, 0.5) is 5.82 Å². The molecule has 17 heavy (non-hydrogen) atoms. The van der Waals surface area contributed by atoms with Crippen LogP contribution >= 0.6 is 0 Å². The molecular formula is C14H23N3. The lowest BCUT2D eigenvalue weighted by molar-refractivity contribution is 0.520. The summed E-state index contributed by atoms with van der Waals surface area (Å²) in [5.41, 5.74) is 1.60. The molecule has 0 bridgehead atoms. The van der Waals surface area contributed by atoms with Gasteiger partial charge in [-0.25, -0.2) is 9.97 Å². The standard InChI is InChI=1S/C14H23N3/c1-5-14(6-7-14)9-15-12-8-11(4)16-13(17-12)10(2)3/h8,10H,5-7,9H2,1-4H3,(H,15,16,17). The lowest BCUT2D eigenvalue weighted by Gasteiger charge is -2.15. The lowest BCUT2D eigenvalue weighted by atomic mass is 10.0.